The Morgan fingerprint density at radius 3 is 2.79 bits per heavy atom. The van der Waals surface area contributed by atoms with Gasteiger partial charge in [-0.15, -0.1) is 0 Å². The molecule has 1 unspecified atom stereocenters. The van der Waals surface area contributed by atoms with Gasteiger partial charge in [-0.05, 0) is 25.0 Å². The monoisotopic (exact) mass is 266 g/mol. The van der Waals surface area contributed by atoms with Gasteiger partial charge in [-0.25, -0.2) is 0 Å². The van der Waals surface area contributed by atoms with Gasteiger partial charge in [0.25, 0.3) is 0 Å². The van der Waals surface area contributed by atoms with E-state index in [0.717, 1.165) is 11.3 Å². The van der Waals surface area contributed by atoms with Crippen LogP contribution in [-0.4, -0.2) is 38.9 Å². The number of nitrogen functional groups attached to an aromatic ring is 1. The second-order valence-electron chi connectivity index (χ2n) is 4.25. The lowest BCUT2D eigenvalue weighted by Crippen LogP contribution is -2.36. The molecule has 0 aliphatic heterocycles. The third-order valence-corrected chi connectivity index (χ3v) is 2.77. The second-order valence-corrected chi connectivity index (χ2v) is 4.25. The molecule has 0 fully saturated rings. The van der Waals surface area contributed by atoms with Crippen LogP contribution in [0.5, 0.6) is 0 Å². The molecule has 0 radical (unpaired) electrons. The lowest BCUT2D eigenvalue weighted by atomic mass is 10.1. The number of rotatable bonds is 8. The van der Waals surface area contributed by atoms with Gasteiger partial charge in [0.1, 0.15) is 6.10 Å². The van der Waals surface area contributed by atoms with Crippen LogP contribution in [0.4, 0.5) is 5.69 Å². The number of amides is 1. The summed E-state index contributed by atoms with van der Waals surface area (Å²) in [5.74, 6) is -0.127. The summed E-state index contributed by atoms with van der Waals surface area (Å²) in [6.07, 6.45) is 0.226. The van der Waals surface area contributed by atoms with Crippen LogP contribution in [0.2, 0.25) is 0 Å². The molecule has 1 atom stereocenters. The molecule has 0 aromatic heterocycles. The van der Waals surface area contributed by atoms with Crippen LogP contribution in [-0.2, 0) is 20.7 Å². The standard InChI is InChI=1S/C14H22N2O3/c1-11(14(17)16-8-10-18-2)19-9-7-12-5-3-4-6-13(12)15/h3-6,11H,7-10,15H2,1-2H3,(H,16,17). The summed E-state index contributed by atoms with van der Waals surface area (Å²) >= 11 is 0. The molecule has 1 amide bonds. The minimum absolute atomic E-state index is 0.127. The Kier molecular flexibility index (Phi) is 6.92. The molecule has 0 bridgehead atoms. The molecular formula is C14H22N2O3. The van der Waals surface area contributed by atoms with Gasteiger partial charge in [0.15, 0.2) is 0 Å². The first-order valence-corrected chi connectivity index (χ1v) is 6.36. The van der Waals surface area contributed by atoms with E-state index >= 15 is 0 Å². The second kappa shape index (κ2) is 8.50. The van der Waals surface area contributed by atoms with E-state index in [2.05, 4.69) is 5.32 Å². The fraction of sp³-hybridized carbons (Fsp3) is 0.500. The molecule has 0 aliphatic carbocycles. The number of hydrogen-bond acceptors (Lipinski definition) is 4. The van der Waals surface area contributed by atoms with Crippen LogP contribution >= 0.6 is 0 Å². The van der Waals surface area contributed by atoms with Crippen LogP contribution in [0.15, 0.2) is 24.3 Å². The molecule has 1 aromatic rings. The molecule has 1 aromatic carbocycles. The molecule has 5 nitrogen and oxygen atoms in total. The zero-order valence-electron chi connectivity index (χ0n) is 11.5. The van der Waals surface area contributed by atoms with Gasteiger partial charge in [0.05, 0.1) is 13.2 Å². The van der Waals surface area contributed by atoms with Crippen molar-refractivity contribution >= 4 is 11.6 Å². The number of nitrogens with one attached hydrogen (secondary N) is 1. The van der Waals surface area contributed by atoms with Crippen LogP contribution in [0.25, 0.3) is 0 Å². The van der Waals surface area contributed by atoms with E-state index in [4.69, 9.17) is 15.2 Å². The number of hydrogen-bond donors (Lipinski definition) is 2. The predicted octanol–water partition coefficient (Wildman–Crippen LogP) is 0.979. The summed E-state index contributed by atoms with van der Waals surface area (Å²) in [6, 6.07) is 7.65. The number of carbonyl (C=O) groups is 1. The summed E-state index contributed by atoms with van der Waals surface area (Å²) < 4.78 is 10.3. The molecule has 1 rings (SSSR count). The number of ether oxygens (including phenoxy) is 2. The van der Waals surface area contributed by atoms with E-state index in [1.165, 1.54) is 0 Å². The van der Waals surface area contributed by atoms with E-state index in [9.17, 15) is 4.79 Å². The highest BCUT2D eigenvalue weighted by Gasteiger charge is 2.12. The maximum atomic E-state index is 11.6. The average molecular weight is 266 g/mol. The fourth-order valence-electron chi connectivity index (χ4n) is 1.60. The summed E-state index contributed by atoms with van der Waals surface area (Å²) in [5, 5.41) is 2.73. The molecule has 0 spiro atoms. The predicted molar refractivity (Wildman–Crippen MR) is 74.9 cm³/mol. The maximum absolute atomic E-state index is 11.6. The third kappa shape index (κ3) is 5.72. The van der Waals surface area contributed by atoms with Crippen LogP contribution in [0, 0.1) is 0 Å². The van der Waals surface area contributed by atoms with Gasteiger partial charge in [-0.2, -0.15) is 0 Å². The van der Waals surface area contributed by atoms with Gasteiger partial charge in [0, 0.05) is 19.3 Å². The number of methoxy groups -OCH3 is 1. The van der Waals surface area contributed by atoms with E-state index in [-0.39, 0.29) is 5.91 Å². The first-order valence-electron chi connectivity index (χ1n) is 6.36. The van der Waals surface area contributed by atoms with Gasteiger partial charge in [0.2, 0.25) is 5.91 Å². The van der Waals surface area contributed by atoms with Crippen molar-refractivity contribution in [1.29, 1.82) is 0 Å². The Labute approximate surface area is 114 Å². The van der Waals surface area contributed by atoms with Crippen LogP contribution < -0.4 is 11.1 Å². The van der Waals surface area contributed by atoms with Crippen molar-refractivity contribution < 1.29 is 14.3 Å². The number of carbonyl (C=O) groups excluding carboxylic acids is 1. The Morgan fingerprint density at radius 1 is 1.37 bits per heavy atom. The smallest absolute Gasteiger partial charge is 0.248 e. The van der Waals surface area contributed by atoms with Gasteiger partial charge in [-0.3, -0.25) is 4.79 Å². The summed E-state index contributed by atoms with van der Waals surface area (Å²) in [7, 11) is 1.59. The molecular weight excluding hydrogens is 244 g/mol. The quantitative estimate of drug-likeness (QED) is 0.543. The number of nitrogens with two attached hydrogens (primary N) is 1. The summed E-state index contributed by atoms with van der Waals surface area (Å²) in [4.78, 5) is 11.6. The Bertz CT molecular complexity index is 396. The minimum Gasteiger partial charge on any atom is -0.399 e. The molecule has 3 N–H and O–H groups in total. The van der Waals surface area contributed by atoms with E-state index in [1.807, 2.05) is 24.3 Å². The Hall–Kier alpha value is -1.59. The normalized spacial score (nSPS) is 12.1. The SMILES string of the molecule is COCCNC(=O)C(C)OCCc1ccccc1N. The maximum Gasteiger partial charge on any atom is 0.248 e. The molecule has 5 heteroatoms. The Morgan fingerprint density at radius 2 is 2.11 bits per heavy atom. The molecule has 19 heavy (non-hydrogen) atoms. The van der Waals surface area contributed by atoms with E-state index < -0.39 is 6.10 Å². The summed E-state index contributed by atoms with van der Waals surface area (Å²) in [6.45, 7) is 3.19. The number of anilines is 1. The Balaban J connectivity index is 2.25. The number of para-hydroxylation sites is 1. The van der Waals surface area contributed by atoms with Crippen molar-refractivity contribution in [3.8, 4) is 0 Å². The zero-order valence-corrected chi connectivity index (χ0v) is 11.5. The molecule has 0 saturated heterocycles. The lowest BCUT2D eigenvalue weighted by molar-refractivity contribution is -0.131. The molecule has 0 heterocycles. The van der Waals surface area contributed by atoms with Gasteiger partial charge >= 0.3 is 0 Å². The zero-order chi connectivity index (χ0) is 14.1. The van der Waals surface area contributed by atoms with Gasteiger partial charge < -0.3 is 20.5 Å². The average Bonchev–Trinajstić information content (AvgIpc) is 2.41. The minimum atomic E-state index is -0.471. The molecule has 106 valence electrons. The fourth-order valence-corrected chi connectivity index (χ4v) is 1.60. The van der Waals surface area contributed by atoms with Crippen molar-refractivity contribution in [3.05, 3.63) is 29.8 Å². The van der Waals surface area contributed by atoms with Crippen molar-refractivity contribution in [3.63, 3.8) is 0 Å². The molecule has 0 saturated carbocycles. The first kappa shape index (κ1) is 15.5. The highest BCUT2D eigenvalue weighted by molar-refractivity contribution is 5.80. The van der Waals surface area contributed by atoms with Crippen molar-refractivity contribution in [2.45, 2.75) is 19.4 Å². The van der Waals surface area contributed by atoms with E-state index in [1.54, 1.807) is 14.0 Å². The molecule has 0 aliphatic rings. The van der Waals surface area contributed by atoms with Crippen molar-refractivity contribution in [2.24, 2.45) is 0 Å². The topological polar surface area (TPSA) is 73.6 Å². The highest BCUT2D eigenvalue weighted by atomic mass is 16.5. The van der Waals surface area contributed by atoms with E-state index in [0.29, 0.717) is 26.2 Å². The van der Waals surface area contributed by atoms with Crippen LogP contribution in [0.1, 0.15) is 12.5 Å². The highest BCUT2D eigenvalue weighted by Crippen LogP contribution is 2.11. The van der Waals surface area contributed by atoms with Crippen LogP contribution in [0.3, 0.4) is 0 Å². The first-order chi connectivity index (χ1) is 9.15. The third-order valence-electron chi connectivity index (χ3n) is 2.77. The van der Waals surface area contributed by atoms with Gasteiger partial charge in [-0.1, -0.05) is 18.2 Å². The van der Waals surface area contributed by atoms with Crippen molar-refractivity contribution in [2.75, 3.05) is 32.6 Å². The van der Waals surface area contributed by atoms with Crippen molar-refractivity contribution in [1.82, 2.24) is 5.32 Å². The number of benzene rings is 1. The summed E-state index contributed by atoms with van der Waals surface area (Å²) in [5.41, 5.74) is 7.62. The largest absolute Gasteiger partial charge is 0.399 e. The lowest BCUT2D eigenvalue weighted by Gasteiger charge is -2.13.